The first-order chi connectivity index (χ1) is 12.0. The lowest BCUT2D eigenvalue weighted by atomic mass is 9.87. The lowest BCUT2D eigenvalue weighted by molar-refractivity contribution is -0.130. The van der Waals surface area contributed by atoms with E-state index in [-0.39, 0.29) is 11.9 Å². The number of hydrogen-bond acceptors (Lipinski definition) is 3. The minimum absolute atomic E-state index is 0.0236. The average molecular weight is 402 g/mol. The van der Waals surface area contributed by atoms with Gasteiger partial charge in [-0.3, -0.25) is 4.79 Å². The first-order valence-electron chi connectivity index (χ1n) is 8.39. The summed E-state index contributed by atoms with van der Waals surface area (Å²) in [6.45, 7) is 1.60. The molecular formula is C20H20BrNO3. The molecule has 2 aromatic rings. The molecule has 2 atom stereocenters. The number of carbonyl (C=O) groups excluding carboxylic acids is 2. The van der Waals surface area contributed by atoms with Gasteiger partial charge in [0.25, 0.3) is 5.91 Å². The Labute approximate surface area is 155 Å². The van der Waals surface area contributed by atoms with E-state index in [4.69, 9.17) is 4.74 Å². The number of nitrogens with one attached hydrogen (secondary N) is 1. The highest BCUT2D eigenvalue weighted by Crippen LogP contribution is 2.29. The molecule has 4 nitrogen and oxygen atoms in total. The summed E-state index contributed by atoms with van der Waals surface area (Å²) < 4.78 is 6.10. The van der Waals surface area contributed by atoms with Gasteiger partial charge in [0, 0.05) is 4.47 Å². The number of ether oxygens (including phenoxy) is 1. The Kier molecular flexibility index (Phi) is 5.53. The number of carbonyl (C=O) groups is 2. The molecule has 0 saturated heterocycles. The van der Waals surface area contributed by atoms with Crippen LogP contribution in [0.3, 0.4) is 0 Å². The second-order valence-electron chi connectivity index (χ2n) is 6.21. The summed E-state index contributed by atoms with van der Waals surface area (Å²) in [4.78, 5) is 24.6. The third-order valence-corrected chi connectivity index (χ3v) is 4.89. The molecule has 0 radical (unpaired) electrons. The zero-order chi connectivity index (χ0) is 17.8. The summed E-state index contributed by atoms with van der Waals surface area (Å²) in [5.74, 6) is -0.780. The molecule has 1 aliphatic rings. The van der Waals surface area contributed by atoms with E-state index in [0.717, 1.165) is 29.3 Å². The number of hydrogen-bond donors (Lipinski definition) is 1. The van der Waals surface area contributed by atoms with Gasteiger partial charge >= 0.3 is 5.97 Å². The molecule has 1 aliphatic carbocycles. The topological polar surface area (TPSA) is 55.4 Å². The number of amides is 1. The van der Waals surface area contributed by atoms with Gasteiger partial charge < -0.3 is 10.1 Å². The molecule has 0 unspecified atom stereocenters. The van der Waals surface area contributed by atoms with Crippen molar-refractivity contribution in [2.45, 2.75) is 38.3 Å². The molecule has 1 amide bonds. The molecule has 25 heavy (non-hydrogen) atoms. The highest BCUT2D eigenvalue weighted by Gasteiger charge is 2.25. The maximum atomic E-state index is 12.5. The molecule has 0 saturated carbocycles. The number of rotatable bonds is 4. The van der Waals surface area contributed by atoms with Crippen molar-refractivity contribution in [1.29, 1.82) is 0 Å². The first kappa shape index (κ1) is 17.7. The van der Waals surface area contributed by atoms with E-state index in [1.54, 1.807) is 25.1 Å². The summed E-state index contributed by atoms with van der Waals surface area (Å²) in [5.41, 5.74) is 2.85. The van der Waals surface area contributed by atoms with Gasteiger partial charge in [0.05, 0.1) is 11.6 Å². The number of halogens is 1. The van der Waals surface area contributed by atoms with Crippen molar-refractivity contribution < 1.29 is 14.3 Å². The Morgan fingerprint density at radius 2 is 2.00 bits per heavy atom. The zero-order valence-corrected chi connectivity index (χ0v) is 15.6. The van der Waals surface area contributed by atoms with Gasteiger partial charge in [-0.05, 0) is 55.5 Å². The maximum absolute atomic E-state index is 12.5. The largest absolute Gasteiger partial charge is 0.449 e. The van der Waals surface area contributed by atoms with Crippen molar-refractivity contribution in [2.75, 3.05) is 0 Å². The summed E-state index contributed by atoms with van der Waals surface area (Å²) >= 11 is 3.32. The number of benzene rings is 2. The average Bonchev–Trinajstić information content (AvgIpc) is 2.62. The van der Waals surface area contributed by atoms with Crippen LogP contribution in [0, 0.1) is 0 Å². The Morgan fingerprint density at radius 1 is 1.20 bits per heavy atom. The fourth-order valence-electron chi connectivity index (χ4n) is 3.09. The van der Waals surface area contributed by atoms with Crippen LogP contribution in [-0.2, 0) is 16.0 Å². The molecule has 0 aliphatic heterocycles. The van der Waals surface area contributed by atoms with E-state index < -0.39 is 12.1 Å². The van der Waals surface area contributed by atoms with E-state index in [9.17, 15) is 9.59 Å². The van der Waals surface area contributed by atoms with Gasteiger partial charge in [0.2, 0.25) is 0 Å². The normalized spacial score (nSPS) is 17.3. The Balaban J connectivity index is 1.63. The minimum Gasteiger partial charge on any atom is -0.449 e. The molecular weight excluding hydrogens is 382 g/mol. The van der Waals surface area contributed by atoms with Gasteiger partial charge in [-0.1, -0.05) is 46.3 Å². The fraction of sp³-hybridized carbons (Fsp3) is 0.300. The van der Waals surface area contributed by atoms with Gasteiger partial charge in [-0.25, -0.2) is 4.79 Å². The number of aryl methyl sites for hydroxylation is 1. The van der Waals surface area contributed by atoms with E-state index in [2.05, 4.69) is 33.4 Å². The second kappa shape index (κ2) is 7.83. The SMILES string of the molecule is C[C@H](OC(=O)c1cccc(Br)c1)C(=O)N[C@@H]1CCCc2ccccc21. The summed E-state index contributed by atoms with van der Waals surface area (Å²) in [7, 11) is 0. The maximum Gasteiger partial charge on any atom is 0.338 e. The molecule has 2 aromatic carbocycles. The Hall–Kier alpha value is -2.14. The van der Waals surface area contributed by atoms with Crippen LogP contribution in [0.4, 0.5) is 0 Å². The van der Waals surface area contributed by atoms with Crippen LogP contribution < -0.4 is 5.32 Å². The monoisotopic (exact) mass is 401 g/mol. The van der Waals surface area contributed by atoms with Crippen molar-refractivity contribution in [2.24, 2.45) is 0 Å². The molecule has 0 bridgehead atoms. The lowest BCUT2D eigenvalue weighted by Crippen LogP contribution is -2.39. The molecule has 0 aromatic heterocycles. The van der Waals surface area contributed by atoms with Crippen LogP contribution in [0.5, 0.6) is 0 Å². The quantitative estimate of drug-likeness (QED) is 0.781. The summed E-state index contributed by atoms with van der Waals surface area (Å²) in [6, 6.07) is 15.1. The van der Waals surface area contributed by atoms with Crippen LogP contribution in [0.25, 0.3) is 0 Å². The third kappa shape index (κ3) is 4.28. The van der Waals surface area contributed by atoms with E-state index in [1.807, 2.05) is 18.2 Å². The standard InChI is InChI=1S/C20H20BrNO3/c1-13(25-20(24)15-8-4-9-16(21)12-15)19(23)22-18-11-5-7-14-6-2-3-10-17(14)18/h2-4,6,8-10,12-13,18H,5,7,11H2,1H3,(H,22,23)/t13-,18+/m0/s1. The summed E-state index contributed by atoms with van der Waals surface area (Å²) in [5, 5.41) is 3.02. The minimum atomic E-state index is -0.847. The molecule has 0 fully saturated rings. The number of esters is 1. The van der Waals surface area contributed by atoms with Gasteiger partial charge in [0.15, 0.2) is 6.10 Å². The second-order valence-corrected chi connectivity index (χ2v) is 7.13. The molecule has 1 N–H and O–H groups in total. The van der Waals surface area contributed by atoms with Crippen LogP contribution >= 0.6 is 15.9 Å². The lowest BCUT2D eigenvalue weighted by Gasteiger charge is -2.27. The van der Waals surface area contributed by atoms with Crippen LogP contribution in [0.2, 0.25) is 0 Å². The van der Waals surface area contributed by atoms with E-state index in [1.165, 1.54) is 5.56 Å². The van der Waals surface area contributed by atoms with Crippen molar-refractivity contribution in [3.8, 4) is 0 Å². The molecule has 130 valence electrons. The van der Waals surface area contributed by atoms with Crippen molar-refractivity contribution in [1.82, 2.24) is 5.32 Å². The van der Waals surface area contributed by atoms with Gasteiger partial charge in [-0.15, -0.1) is 0 Å². The Morgan fingerprint density at radius 3 is 2.80 bits per heavy atom. The van der Waals surface area contributed by atoms with E-state index in [0.29, 0.717) is 5.56 Å². The van der Waals surface area contributed by atoms with Gasteiger partial charge in [-0.2, -0.15) is 0 Å². The van der Waals surface area contributed by atoms with Crippen molar-refractivity contribution >= 4 is 27.8 Å². The number of fused-ring (bicyclic) bond motifs is 1. The Bertz CT molecular complexity index is 790. The predicted molar refractivity (Wildman–Crippen MR) is 99.3 cm³/mol. The molecule has 0 heterocycles. The van der Waals surface area contributed by atoms with Crippen LogP contribution in [0.1, 0.15) is 47.3 Å². The molecule has 5 heteroatoms. The highest BCUT2D eigenvalue weighted by molar-refractivity contribution is 9.10. The summed E-state index contributed by atoms with van der Waals surface area (Å²) in [6.07, 6.45) is 2.12. The van der Waals surface area contributed by atoms with Crippen molar-refractivity contribution in [3.63, 3.8) is 0 Å². The fourth-order valence-corrected chi connectivity index (χ4v) is 3.49. The molecule has 3 rings (SSSR count). The van der Waals surface area contributed by atoms with Crippen LogP contribution in [0.15, 0.2) is 53.0 Å². The first-order valence-corrected chi connectivity index (χ1v) is 9.18. The highest BCUT2D eigenvalue weighted by atomic mass is 79.9. The third-order valence-electron chi connectivity index (χ3n) is 4.40. The van der Waals surface area contributed by atoms with Crippen molar-refractivity contribution in [3.05, 3.63) is 69.7 Å². The van der Waals surface area contributed by atoms with E-state index >= 15 is 0 Å². The smallest absolute Gasteiger partial charge is 0.338 e. The zero-order valence-electron chi connectivity index (χ0n) is 14.0. The van der Waals surface area contributed by atoms with Gasteiger partial charge in [0.1, 0.15) is 0 Å². The molecule has 0 spiro atoms. The van der Waals surface area contributed by atoms with Crippen LogP contribution in [-0.4, -0.2) is 18.0 Å². The predicted octanol–water partition coefficient (Wildman–Crippen LogP) is 4.19.